The SMILES string of the molecule is COC(=O)CSCC(N)c1cc(C)ccc1OC. The van der Waals surface area contributed by atoms with Gasteiger partial charge in [-0.1, -0.05) is 17.7 Å². The van der Waals surface area contributed by atoms with Crippen LogP contribution in [0, 0.1) is 6.92 Å². The lowest BCUT2D eigenvalue weighted by molar-refractivity contribution is -0.137. The van der Waals surface area contributed by atoms with Gasteiger partial charge in [0.15, 0.2) is 0 Å². The summed E-state index contributed by atoms with van der Waals surface area (Å²) in [5, 5.41) is 0. The van der Waals surface area contributed by atoms with Crippen molar-refractivity contribution in [1.82, 2.24) is 0 Å². The third-order valence-electron chi connectivity index (χ3n) is 2.53. The Bertz CT molecular complexity index is 409. The maximum atomic E-state index is 11.0. The summed E-state index contributed by atoms with van der Waals surface area (Å²) in [6.45, 7) is 2.01. The first-order valence-corrected chi connectivity index (χ1v) is 6.78. The molecule has 100 valence electrons. The van der Waals surface area contributed by atoms with E-state index < -0.39 is 0 Å². The number of carbonyl (C=O) groups is 1. The standard InChI is InChI=1S/C13H19NO3S/c1-9-4-5-12(16-2)10(6-9)11(14)7-18-8-13(15)17-3/h4-6,11H,7-8,14H2,1-3H3. The van der Waals surface area contributed by atoms with Crippen LogP contribution in [0.1, 0.15) is 17.2 Å². The topological polar surface area (TPSA) is 61.5 Å². The Labute approximate surface area is 112 Å². The van der Waals surface area contributed by atoms with Gasteiger partial charge in [-0.15, -0.1) is 11.8 Å². The van der Waals surface area contributed by atoms with Crippen molar-refractivity contribution < 1.29 is 14.3 Å². The number of hydrogen-bond donors (Lipinski definition) is 1. The molecule has 0 saturated heterocycles. The second-order valence-corrected chi connectivity index (χ2v) is 4.97. The van der Waals surface area contributed by atoms with Crippen molar-refractivity contribution in [1.29, 1.82) is 0 Å². The van der Waals surface area contributed by atoms with Crippen LogP contribution in [0.3, 0.4) is 0 Å². The zero-order chi connectivity index (χ0) is 13.5. The Morgan fingerprint density at radius 3 is 2.78 bits per heavy atom. The first kappa shape index (κ1) is 14.9. The molecule has 1 unspecified atom stereocenters. The second kappa shape index (κ2) is 7.28. The van der Waals surface area contributed by atoms with Crippen molar-refractivity contribution >= 4 is 17.7 Å². The van der Waals surface area contributed by atoms with Crippen LogP contribution < -0.4 is 10.5 Å². The minimum Gasteiger partial charge on any atom is -0.496 e. The molecule has 0 aliphatic carbocycles. The molecule has 1 aromatic rings. The normalized spacial score (nSPS) is 12.0. The maximum Gasteiger partial charge on any atom is 0.315 e. The zero-order valence-electron chi connectivity index (χ0n) is 10.9. The van der Waals surface area contributed by atoms with Crippen LogP contribution in [-0.2, 0) is 9.53 Å². The van der Waals surface area contributed by atoms with Gasteiger partial charge in [0, 0.05) is 17.4 Å². The highest BCUT2D eigenvalue weighted by atomic mass is 32.2. The van der Waals surface area contributed by atoms with Crippen molar-refractivity contribution in [3.63, 3.8) is 0 Å². The van der Waals surface area contributed by atoms with Crippen LogP contribution in [-0.4, -0.2) is 31.7 Å². The summed E-state index contributed by atoms with van der Waals surface area (Å²) in [4.78, 5) is 11.0. The van der Waals surface area contributed by atoms with Gasteiger partial charge < -0.3 is 15.2 Å². The minimum atomic E-state index is -0.233. The van der Waals surface area contributed by atoms with E-state index in [1.165, 1.54) is 18.9 Å². The average Bonchev–Trinajstić information content (AvgIpc) is 2.38. The predicted molar refractivity (Wildman–Crippen MR) is 74.0 cm³/mol. The molecule has 0 radical (unpaired) electrons. The van der Waals surface area contributed by atoms with Crippen LogP contribution in [0.15, 0.2) is 18.2 Å². The van der Waals surface area contributed by atoms with Crippen LogP contribution in [0.25, 0.3) is 0 Å². The van der Waals surface area contributed by atoms with E-state index in [1.54, 1.807) is 7.11 Å². The fourth-order valence-electron chi connectivity index (χ4n) is 1.56. The highest BCUT2D eigenvalue weighted by Crippen LogP contribution is 2.27. The van der Waals surface area contributed by atoms with Gasteiger partial charge in [-0.2, -0.15) is 0 Å². The van der Waals surface area contributed by atoms with Crippen molar-refractivity contribution in [2.45, 2.75) is 13.0 Å². The molecule has 0 aliphatic heterocycles. The molecule has 0 spiro atoms. The van der Waals surface area contributed by atoms with Crippen molar-refractivity contribution in [2.24, 2.45) is 5.73 Å². The molecule has 0 saturated carbocycles. The molecule has 1 aromatic carbocycles. The smallest absolute Gasteiger partial charge is 0.315 e. The number of methoxy groups -OCH3 is 2. The Hall–Kier alpha value is -1.20. The van der Waals surface area contributed by atoms with E-state index >= 15 is 0 Å². The number of rotatable bonds is 6. The van der Waals surface area contributed by atoms with E-state index in [1.807, 2.05) is 25.1 Å². The molecule has 0 bridgehead atoms. The monoisotopic (exact) mass is 269 g/mol. The number of benzene rings is 1. The molecular weight excluding hydrogens is 250 g/mol. The largest absolute Gasteiger partial charge is 0.496 e. The average molecular weight is 269 g/mol. The number of thioether (sulfide) groups is 1. The molecule has 0 heterocycles. The summed E-state index contributed by atoms with van der Waals surface area (Å²) < 4.78 is 9.87. The summed E-state index contributed by atoms with van der Waals surface area (Å²) in [5.41, 5.74) is 8.22. The van der Waals surface area contributed by atoms with E-state index in [0.717, 1.165) is 16.9 Å². The number of hydrogen-bond acceptors (Lipinski definition) is 5. The number of aryl methyl sites for hydroxylation is 1. The van der Waals surface area contributed by atoms with Crippen LogP contribution in [0.2, 0.25) is 0 Å². The summed E-state index contributed by atoms with van der Waals surface area (Å²) in [5.74, 6) is 1.52. The van der Waals surface area contributed by atoms with E-state index in [-0.39, 0.29) is 12.0 Å². The van der Waals surface area contributed by atoms with E-state index in [2.05, 4.69) is 4.74 Å². The molecular formula is C13H19NO3S. The van der Waals surface area contributed by atoms with E-state index in [4.69, 9.17) is 10.5 Å². The van der Waals surface area contributed by atoms with E-state index in [9.17, 15) is 4.79 Å². The van der Waals surface area contributed by atoms with Crippen molar-refractivity contribution in [3.8, 4) is 5.75 Å². The Kier molecular flexibility index (Phi) is 6.01. The third-order valence-corrected chi connectivity index (χ3v) is 3.56. The highest BCUT2D eigenvalue weighted by Gasteiger charge is 2.13. The lowest BCUT2D eigenvalue weighted by Gasteiger charge is -2.16. The van der Waals surface area contributed by atoms with Gasteiger partial charge in [0.2, 0.25) is 0 Å². The lowest BCUT2D eigenvalue weighted by Crippen LogP contribution is -2.16. The molecule has 1 atom stereocenters. The molecule has 0 fully saturated rings. The molecule has 2 N–H and O–H groups in total. The van der Waals surface area contributed by atoms with Crippen molar-refractivity contribution in [3.05, 3.63) is 29.3 Å². The molecule has 0 aromatic heterocycles. The Balaban J connectivity index is 2.62. The molecule has 0 amide bonds. The fourth-order valence-corrected chi connectivity index (χ4v) is 2.40. The first-order chi connectivity index (χ1) is 8.58. The second-order valence-electron chi connectivity index (χ2n) is 3.94. The Morgan fingerprint density at radius 2 is 2.17 bits per heavy atom. The zero-order valence-corrected chi connectivity index (χ0v) is 11.8. The Morgan fingerprint density at radius 1 is 1.44 bits per heavy atom. The molecule has 4 nitrogen and oxygen atoms in total. The van der Waals surface area contributed by atoms with Crippen LogP contribution in [0.5, 0.6) is 5.75 Å². The minimum absolute atomic E-state index is 0.158. The third kappa shape index (κ3) is 4.23. The number of carbonyl (C=O) groups excluding carboxylic acids is 1. The van der Waals surface area contributed by atoms with Gasteiger partial charge in [0.05, 0.1) is 20.0 Å². The quantitative estimate of drug-likeness (QED) is 0.799. The number of esters is 1. The molecule has 18 heavy (non-hydrogen) atoms. The van der Waals surface area contributed by atoms with Gasteiger partial charge in [-0.3, -0.25) is 4.79 Å². The number of ether oxygens (including phenoxy) is 2. The predicted octanol–water partition coefficient (Wildman–Crippen LogP) is 1.91. The summed E-state index contributed by atoms with van der Waals surface area (Å²) in [6.07, 6.45) is 0. The number of nitrogens with two attached hydrogens (primary N) is 1. The van der Waals surface area contributed by atoms with Crippen LogP contribution in [0.4, 0.5) is 0 Å². The summed E-state index contributed by atoms with van der Waals surface area (Å²) in [7, 11) is 3.01. The van der Waals surface area contributed by atoms with Gasteiger partial charge >= 0.3 is 5.97 Å². The summed E-state index contributed by atoms with van der Waals surface area (Å²) >= 11 is 1.46. The first-order valence-electron chi connectivity index (χ1n) is 5.63. The van der Waals surface area contributed by atoms with Gasteiger partial charge in [-0.25, -0.2) is 0 Å². The fraction of sp³-hybridized carbons (Fsp3) is 0.462. The molecule has 0 aliphatic rings. The van der Waals surface area contributed by atoms with Gasteiger partial charge in [0.1, 0.15) is 5.75 Å². The van der Waals surface area contributed by atoms with Gasteiger partial charge in [0.25, 0.3) is 0 Å². The highest BCUT2D eigenvalue weighted by molar-refractivity contribution is 7.99. The molecule has 1 rings (SSSR count). The lowest BCUT2D eigenvalue weighted by atomic mass is 10.1. The maximum absolute atomic E-state index is 11.0. The van der Waals surface area contributed by atoms with Gasteiger partial charge in [-0.05, 0) is 13.0 Å². The summed E-state index contributed by atoms with van der Waals surface area (Å²) in [6, 6.07) is 5.75. The molecule has 5 heteroatoms. The van der Waals surface area contributed by atoms with Crippen LogP contribution >= 0.6 is 11.8 Å². The van der Waals surface area contributed by atoms with Crippen molar-refractivity contribution in [2.75, 3.05) is 25.7 Å². The van der Waals surface area contributed by atoms with E-state index in [0.29, 0.717) is 11.5 Å².